The monoisotopic (exact) mass is 384 g/mol. The number of aromatic nitrogens is 1. The van der Waals surface area contributed by atoms with E-state index in [-0.39, 0.29) is 11.8 Å². The number of piperazine rings is 1. The summed E-state index contributed by atoms with van der Waals surface area (Å²) in [7, 11) is 0. The van der Waals surface area contributed by atoms with Gasteiger partial charge in [-0.2, -0.15) is 0 Å². The largest absolute Gasteiger partial charge is 0.360 e. The molecule has 1 aliphatic heterocycles. The second-order valence-electron chi connectivity index (χ2n) is 7.53. The van der Waals surface area contributed by atoms with E-state index in [1.54, 1.807) is 13.0 Å². The summed E-state index contributed by atoms with van der Waals surface area (Å²) in [6, 6.07) is 9.59. The maximum absolute atomic E-state index is 12.7. The Kier molecular flexibility index (Phi) is 6.46. The first kappa shape index (κ1) is 20.1. The number of carbonyl (C=O) groups is 2. The minimum absolute atomic E-state index is 0.0779. The van der Waals surface area contributed by atoms with Gasteiger partial charge < -0.3 is 14.7 Å². The first-order valence-electron chi connectivity index (χ1n) is 9.77. The van der Waals surface area contributed by atoms with E-state index in [9.17, 15) is 9.59 Å². The van der Waals surface area contributed by atoms with Crippen LogP contribution in [0.2, 0.25) is 0 Å². The lowest BCUT2D eigenvalue weighted by Gasteiger charge is -2.34. The molecule has 150 valence electrons. The first-order chi connectivity index (χ1) is 13.4. The fraction of sp³-hybridized carbons (Fsp3) is 0.476. The number of aryl methyl sites for hydroxylation is 1. The van der Waals surface area contributed by atoms with E-state index in [0.29, 0.717) is 43.6 Å². The Morgan fingerprint density at radius 2 is 1.82 bits per heavy atom. The van der Waals surface area contributed by atoms with Crippen molar-refractivity contribution in [3.05, 3.63) is 47.2 Å². The minimum atomic E-state index is -0.0861. The van der Waals surface area contributed by atoms with Crippen molar-refractivity contribution in [2.45, 2.75) is 33.1 Å². The molecule has 0 radical (unpaired) electrons. The summed E-state index contributed by atoms with van der Waals surface area (Å²) in [6.07, 6.45) is 0.385. The molecule has 3 rings (SSSR count). The molecule has 1 aromatic carbocycles. The average Bonchev–Trinajstić information content (AvgIpc) is 3.11. The molecule has 7 heteroatoms. The molecule has 1 aliphatic rings. The van der Waals surface area contributed by atoms with Gasteiger partial charge in [0.05, 0.1) is 0 Å². The summed E-state index contributed by atoms with van der Waals surface area (Å²) in [4.78, 5) is 28.8. The van der Waals surface area contributed by atoms with E-state index in [1.165, 1.54) is 5.56 Å². The van der Waals surface area contributed by atoms with Gasteiger partial charge in [-0.05, 0) is 30.5 Å². The van der Waals surface area contributed by atoms with Gasteiger partial charge in [-0.3, -0.25) is 14.5 Å². The van der Waals surface area contributed by atoms with Gasteiger partial charge in [-0.25, -0.2) is 0 Å². The van der Waals surface area contributed by atoms with Crippen LogP contribution in [0.3, 0.4) is 0 Å². The van der Waals surface area contributed by atoms with Crippen LogP contribution in [0.25, 0.3) is 0 Å². The molecule has 1 N–H and O–H groups in total. The number of amides is 2. The topological polar surface area (TPSA) is 78.7 Å². The fourth-order valence-corrected chi connectivity index (χ4v) is 3.26. The molecule has 7 nitrogen and oxygen atoms in total. The maximum Gasteiger partial charge on any atom is 0.253 e. The Morgan fingerprint density at radius 3 is 2.39 bits per heavy atom. The molecule has 0 aliphatic carbocycles. The van der Waals surface area contributed by atoms with Gasteiger partial charge in [0.2, 0.25) is 5.91 Å². The second kappa shape index (κ2) is 9.01. The Balaban J connectivity index is 1.42. The van der Waals surface area contributed by atoms with Gasteiger partial charge in [-0.1, -0.05) is 31.1 Å². The summed E-state index contributed by atoms with van der Waals surface area (Å²) in [5.41, 5.74) is 1.97. The average molecular weight is 384 g/mol. The first-order valence-corrected chi connectivity index (χ1v) is 9.77. The molecule has 1 saturated heterocycles. The number of nitrogens with one attached hydrogen (secondary N) is 1. The third kappa shape index (κ3) is 5.19. The summed E-state index contributed by atoms with van der Waals surface area (Å²) in [6.45, 7) is 9.62. The van der Waals surface area contributed by atoms with Crippen LogP contribution >= 0.6 is 0 Å². The number of benzene rings is 1. The lowest BCUT2D eigenvalue weighted by Crippen LogP contribution is -2.49. The molecule has 1 fully saturated rings. The zero-order valence-electron chi connectivity index (χ0n) is 16.8. The van der Waals surface area contributed by atoms with Gasteiger partial charge in [0.15, 0.2) is 5.82 Å². The zero-order chi connectivity index (χ0) is 20.1. The molecule has 0 bridgehead atoms. The van der Waals surface area contributed by atoms with Gasteiger partial charge in [0, 0.05) is 50.8 Å². The number of carbonyl (C=O) groups excluding carboxylic acids is 2. The summed E-state index contributed by atoms with van der Waals surface area (Å²) < 4.78 is 4.94. The molecule has 2 heterocycles. The highest BCUT2D eigenvalue weighted by Gasteiger charge is 2.22. The molecule has 0 spiro atoms. The smallest absolute Gasteiger partial charge is 0.253 e. The Bertz CT molecular complexity index is 805. The highest BCUT2D eigenvalue weighted by atomic mass is 16.5. The fourth-order valence-electron chi connectivity index (χ4n) is 3.26. The van der Waals surface area contributed by atoms with Crippen LogP contribution in [0, 0.1) is 6.92 Å². The Morgan fingerprint density at radius 1 is 1.14 bits per heavy atom. The maximum atomic E-state index is 12.7. The number of hydrogen-bond acceptors (Lipinski definition) is 5. The van der Waals surface area contributed by atoms with E-state index in [4.69, 9.17) is 4.52 Å². The highest BCUT2D eigenvalue weighted by Crippen LogP contribution is 2.16. The van der Waals surface area contributed by atoms with Crippen LogP contribution < -0.4 is 5.32 Å². The number of anilines is 1. The Hall–Kier alpha value is -2.67. The van der Waals surface area contributed by atoms with Crippen molar-refractivity contribution in [3.63, 3.8) is 0 Å². The van der Waals surface area contributed by atoms with E-state index in [1.807, 2.05) is 29.2 Å². The number of rotatable bonds is 6. The standard InChI is InChI=1S/C21H28N4O3/c1-15(2)17-4-6-18(7-5-17)21(27)25-12-10-24(11-13-25)9-8-20(26)22-19-14-16(3)28-23-19/h4-7,14-15H,8-13H2,1-3H3,(H,22,23,26). The quantitative estimate of drug-likeness (QED) is 0.828. The van der Waals surface area contributed by atoms with Crippen molar-refractivity contribution in [3.8, 4) is 0 Å². The van der Waals surface area contributed by atoms with Crippen LogP contribution in [0.1, 0.15) is 47.9 Å². The van der Waals surface area contributed by atoms with Gasteiger partial charge in [0.25, 0.3) is 5.91 Å². The molecule has 0 atom stereocenters. The third-order valence-corrected chi connectivity index (χ3v) is 5.03. The predicted octanol–water partition coefficient (Wildman–Crippen LogP) is 2.89. The normalized spacial score (nSPS) is 15.1. The van der Waals surface area contributed by atoms with Crippen molar-refractivity contribution in [1.82, 2.24) is 15.0 Å². The number of nitrogens with zero attached hydrogens (tertiary/aromatic N) is 3. The molecule has 2 aromatic rings. The van der Waals surface area contributed by atoms with Gasteiger partial charge in [0.1, 0.15) is 5.76 Å². The summed E-state index contributed by atoms with van der Waals surface area (Å²) >= 11 is 0. The molecular weight excluding hydrogens is 356 g/mol. The van der Waals surface area contributed by atoms with E-state index in [0.717, 1.165) is 18.7 Å². The van der Waals surface area contributed by atoms with E-state index in [2.05, 4.69) is 29.2 Å². The molecule has 2 amide bonds. The lowest BCUT2D eigenvalue weighted by molar-refractivity contribution is -0.116. The predicted molar refractivity (Wildman–Crippen MR) is 107 cm³/mol. The summed E-state index contributed by atoms with van der Waals surface area (Å²) in [5.74, 6) is 1.56. The summed E-state index contributed by atoms with van der Waals surface area (Å²) in [5, 5.41) is 6.49. The lowest BCUT2D eigenvalue weighted by atomic mass is 10.0. The van der Waals surface area contributed by atoms with E-state index >= 15 is 0 Å². The van der Waals surface area contributed by atoms with Crippen LogP contribution in [-0.2, 0) is 4.79 Å². The van der Waals surface area contributed by atoms with Crippen LogP contribution in [0.15, 0.2) is 34.9 Å². The molecule has 0 unspecified atom stereocenters. The van der Waals surface area contributed by atoms with Crippen LogP contribution in [0.4, 0.5) is 5.82 Å². The van der Waals surface area contributed by atoms with Gasteiger partial charge in [-0.15, -0.1) is 0 Å². The molecule has 28 heavy (non-hydrogen) atoms. The van der Waals surface area contributed by atoms with Crippen molar-refractivity contribution in [2.24, 2.45) is 0 Å². The molecule has 0 saturated carbocycles. The second-order valence-corrected chi connectivity index (χ2v) is 7.53. The minimum Gasteiger partial charge on any atom is -0.360 e. The zero-order valence-corrected chi connectivity index (χ0v) is 16.8. The van der Waals surface area contributed by atoms with E-state index < -0.39 is 0 Å². The van der Waals surface area contributed by atoms with Crippen molar-refractivity contribution in [1.29, 1.82) is 0 Å². The third-order valence-electron chi connectivity index (χ3n) is 5.03. The molecule has 1 aromatic heterocycles. The number of hydrogen-bond donors (Lipinski definition) is 1. The van der Waals surface area contributed by atoms with Crippen LogP contribution in [-0.4, -0.2) is 59.5 Å². The van der Waals surface area contributed by atoms with Gasteiger partial charge >= 0.3 is 0 Å². The SMILES string of the molecule is Cc1cc(NC(=O)CCN2CCN(C(=O)c3ccc(C(C)C)cc3)CC2)no1. The van der Waals surface area contributed by atoms with Crippen molar-refractivity contribution in [2.75, 3.05) is 38.0 Å². The van der Waals surface area contributed by atoms with Crippen LogP contribution in [0.5, 0.6) is 0 Å². The molecular formula is C21H28N4O3. The Labute approximate surface area is 165 Å². The highest BCUT2D eigenvalue weighted by molar-refractivity contribution is 5.94. The van der Waals surface area contributed by atoms with Crippen molar-refractivity contribution >= 4 is 17.6 Å². The van der Waals surface area contributed by atoms with Crippen molar-refractivity contribution < 1.29 is 14.1 Å².